The van der Waals surface area contributed by atoms with Gasteiger partial charge >= 0.3 is 0 Å². The molecular formula is C26H21N5O2. The molecule has 0 unspecified atom stereocenters. The number of rotatable bonds is 6. The predicted molar refractivity (Wildman–Crippen MR) is 126 cm³/mol. The molecule has 0 bridgehead atoms. The van der Waals surface area contributed by atoms with Gasteiger partial charge in [0.05, 0.1) is 17.6 Å². The number of nitrogens with zero attached hydrogens (tertiary/aromatic N) is 4. The van der Waals surface area contributed by atoms with Crippen molar-refractivity contribution in [3.8, 4) is 5.69 Å². The molecule has 162 valence electrons. The van der Waals surface area contributed by atoms with E-state index in [1.165, 1.54) is 4.68 Å². The standard InChI is InChI=1S/C26H21N5O2/c32-25(27-17-19-9-4-5-10-20(19)18-30-16-8-15-28-30)24-22-13-6-7-14-23(22)26(33)31(29-24)21-11-2-1-3-12-21/h1-16H,17-18H2,(H,27,32). The van der Waals surface area contributed by atoms with E-state index >= 15 is 0 Å². The van der Waals surface area contributed by atoms with E-state index in [1.54, 1.807) is 42.6 Å². The molecule has 0 aliphatic heterocycles. The summed E-state index contributed by atoms with van der Waals surface area (Å²) in [7, 11) is 0. The van der Waals surface area contributed by atoms with Gasteiger partial charge in [-0.3, -0.25) is 14.3 Å². The van der Waals surface area contributed by atoms with Gasteiger partial charge in [0.25, 0.3) is 11.5 Å². The first-order valence-electron chi connectivity index (χ1n) is 10.6. The summed E-state index contributed by atoms with van der Waals surface area (Å²) in [6.45, 7) is 0.940. The lowest BCUT2D eigenvalue weighted by Crippen LogP contribution is -2.30. The number of para-hydroxylation sites is 1. The molecule has 0 radical (unpaired) electrons. The number of benzene rings is 3. The molecule has 7 heteroatoms. The average molecular weight is 435 g/mol. The quantitative estimate of drug-likeness (QED) is 0.442. The molecule has 5 aromatic rings. The zero-order valence-corrected chi connectivity index (χ0v) is 17.8. The molecule has 1 N–H and O–H groups in total. The Labute approximate surface area is 189 Å². The second-order valence-corrected chi connectivity index (χ2v) is 7.60. The summed E-state index contributed by atoms with van der Waals surface area (Å²) < 4.78 is 3.12. The first-order chi connectivity index (χ1) is 16.2. The fraction of sp³-hybridized carbons (Fsp3) is 0.0769. The van der Waals surface area contributed by atoms with E-state index in [9.17, 15) is 9.59 Å². The third kappa shape index (κ3) is 4.16. The van der Waals surface area contributed by atoms with E-state index in [2.05, 4.69) is 15.5 Å². The van der Waals surface area contributed by atoms with Gasteiger partial charge in [-0.05, 0) is 35.4 Å². The van der Waals surface area contributed by atoms with Crippen LogP contribution in [0.5, 0.6) is 0 Å². The maximum atomic E-state index is 13.2. The summed E-state index contributed by atoms with van der Waals surface area (Å²) in [6.07, 6.45) is 3.64. The Bertz CT molecular complexity index is 1470. The zero-order valence-electron chi connectivity index (χ0n) is 17.8. The van der Waals surface area contributed by atoms with Crippen molar-refractivity contribution in [2.24, 2.45) is 0 Å². The number of fused-ring (bicyclic) bond motifs is 1. The maximum absolute atomic E-state index is 13.2. The largest absolute Gasteiger partial charge is 0.347 e. The second kappa shape index (κ2) is 8.92. The van der Waals surface area contributed by atoms with Gasteiger partial charge in [-0.1, -0.05) is 60.7 Å². The van der Waals surface area contributed by atoms with Crippen LogP contribution in [0.2, 0.25) is 0 Å². The number of nitrogens with one attached hydrogen (secondary N) is 1. The Morgan fingerprint density at radius 2 is 1.52 bits per heavy atom. The van der Waals surface area contributed by atoms with E-state index in [0.717, 1.165) is 11.1 Å². The third-order valence-electron chi connectivity index (χ3n) is 5.47. The Kier molecular flexibility index (Phi) is 5.51. The van der Waals surface area contributed by atoms with Crippen molar-refractivity contribution in [3.05, 3.63) is 124 Å². The highest BCUT2D eigenvalue weighted by molar-refractivity contribution is 6.04. The van der Waals surface area contributed by atoms with Crippen LogP contribution in [-0.4, -0.2) is 25.5 Å². The monoisotopic (exact) mass is 435 g/mol. The van der Waals surface area contributed by atoms with Crippen molar-refractivity contribution in [1.82, 2.24) is 24.9 Å². The summed E-state index contributed by atoms with van der Waals surface area (Å²) >= 11 is 0. The average Bonchev–Trinajstić information content (AvgIpc) is 3.37. The van der Waals surface area contributed by atoms with Gasteiger partial charge in [0, 0.05) is 24.3 Å². The van der Waals surface area contributed by atoms with Crippen LogP contribution in [0.3, 0.4) is 0 Å². The van der Waals surface area contributed by atoms with E-state index in [4.69, 9.17) is 0 Å². The van der Waals surface area contributed by atoms with Gasteiger partial charge in [0.15, 0.2) is 5.69 Å². The Morgan fingerprint density at radius 1 is 0.818 bits per heavy atom. The zero-order chi connectivity index (χ0) is 22.6. The highest BCUT2D eigenvalue weighted by Crippen LogP contribution is 2.16. The van der Waals surface area contributed by atoms with Gasteiger partial charge in [-0.15, -0.1) is 0 Å². The first-order valence-corrected chi connectivity index (χ1v) is 10.6. The molecule has 2 heterocycles. The second-order valence-electron chi connectivity index (χ2n) is 7.60. The van der Waals surface area contributed by atoms with Crippen LogP contribution in [0.25, 0.3) is 16.5 Å². The molecule has 0 saturated heterocycles. The molecule has 0 fully saturated rings. The third-order valence-corrected chi connectivity index (χ3v) is 5.47. The first kappa shape index (κ1) is 20.4. The molecule has 2 aromatic heterocycles. The van der Waals surface area contributed by atoms with Crippen LogP contribution in [0.1, 0.15) is 21.6 Å². The molecular weight excluding hydrogens is 414 g/mol. The molecule has 33 heavy (non-hydrogen) atoms. The Morgan fingerprint density at radius 3 is 2.27 bits per heavy atom. The highest BCUT2D eigenvalue weighted by atomic mass is 16.2. The molecule has 7 nitrogen and oxygen atoms in total. The lowest BCUT2D eigenvalue weighted by atomic mass is 10.1. The van der Waals surface area contributed by atoms with Gasteiger partial charge in [0.2, 0.25) is 0 Å². The normalized spacial score (nSPS) is 10.9. The van der Waals surface area contributed by atoms with Crippen molar-refractivity contribution >= 4 is 16.7 Å². The summed E-state index contributed by atoms with van der Waals surface area (Å²) in [6, 6.07) is 25.9. The Balaban J connectivity index is 1.47. The van der Waals surface area contributed by atoms with Crippen LogP contribution in [0.15, 0.2) is 102 Å². The molecule has 5 rings (SSSR count). The fourth-order valence-electron chi connectivity index (χ4n) is 3.81. The molecule has 0 spiro atoms. The molecule has 3 aromatic carbocycles. The number of carbonyl (C=O) groups excluding carboxylic acids is 1. The number of hydrogen-bond donors (Lipinski definition) is 1. The smallest absolute Gasteiger partial charge is 0.279 e. The van der Waals surface area contributed by atoms with Gasteiger partial charge in [-0.25, -0.2) is 0 Å². The molecule has 1 amide bonds. The maximum Gasteiger partial charge on any atom is 0.279 e. The predicted octanol–water partition coefficient (Wildman–Crippen LogP) is 3.56. The molecule has 0 aliphatic carbocycles. The number of aromatic nitrogens is 4. The SMILES string of the molecule is O=C(NCc1ccccc1Cn1cccn1)c1nn(-c2ccccc2)c(=O)c2ccccc12. The molecule has 0 saturated carbocycles. The van der Waals surface area contributed by atoms with Crippen LogP contribution in [-0.2, 0) is 13.1 Å². The van der Waals surface area contributed by atoms with E-state index in [0.29, 0.717) is 29.5 Å². The van der Waals surface area contributed by atoms with Crippen LogP contribution < -0.4 is 10.9 Å². The van der Waals surface area contributed by atoms with E-state index in [-0.39, 0.29) is 17.2 Å². The van der Waals surface area contributed by atoms with Crippen molar-refractivity contribution in [2.75, 3.05) is 0 Å². The van der Waals surface area contributed by atoms with Gasteiger partial charge in [-0.2, -0.15) is 14.9 Å². The van der Waals surface area contributed by atoms with Crippen molar-refractivity contribution in [1.29, 1.82) is 0 Å². The fourth-order valence-corrected chi connectivity index (χ4v) is 3.81. The number of hydrogen-bond acceptors (Lipinski definition) is 4. The minimum Gasteiger partial charge on any atom is -0.347 e. The van der Waals surface area contributed by atoms with Crippen LogP contribution in [0.4, 0.5) is 0 Å². The van der Waals surface area contributed by atoms with Crippen LogP contribution >= 0.6 is 0 Å². The van der Waals surface area contributed by atoms with Gasteiger partial charge in [0.1, 0.15) is 0 Å². The molecule has 0 aliphatic rings. The highest BCUT2D eigenvalue weighted by Gasteiger charge is 2.17. The lowest BCUT2D eigenvalue weighted by molar-refractivity contribution is 0.0946. The Hall–Kier alpha value is -4.52. The van der Waals surface area contributed by atoms with Gasteiger partial charge < -0.3 is 5.32 Å². The number of amides is 1. The summed E-state index contributed by atoms with van der Waals surface area (Å²) in [5.41, 5.74) is 2.60. The van der Waals surface area contributed by atoms with Crippen molar-refractivity contribution in [3.63, 3.8) is 0 Å². The minimum atomic E-state index is -0.343. The summed E-state index contributed by atoms with van der Waals surface area (Å²) in [5, 5.41) is 12.7. The summed E-state index contributed by atoms with van der Waals surface area (Å²) in [4.78, 5) is 26.3. The number of carbonyl (C=O) groups is 1. The van der Waals surface area contributed by atoms with Crippen molar-refractivity contribution in [2.45, 2.75) is 13.1 Å². The lowest BCUT2D eigenvalue weighted by Gasteiger charge is -2.13. The molecule has 0 atom stereocenters. The topological polar surface area (TPSA) is 81.8 Å². The van der Waals surface area contributed by atoms with E-state index in [1.807, 2.05) is 59.4 Å². The van der Waals surface area contributed by atoms with E-state index < -0.39 is 0 Å². The van der Waals surface area contributed by atoms with Crippen LogP contribution in [0, 0.1) is 0 Å². The van der Waals surface area contributed by atoms with Crippen molar-refractivity contribution < 1.29 is 4.79 Å². The minimum absolute atomic E-state index is 0.207. The summed E-state index contributed by atoms with van der Waals surface area (Å²) in [5.74, 6) is -0.343.